The molecule has 0 unspecified atom stereocenters. The van der Waals surface area contributed by atoms with Gasteiger partial charge >= 0.3 is 11.9 Å². The summed E-state index contributed by atoms with van der Waals surface area (Å²) in [4.78, 5) is 38.5. The molecular weight excluding hydrogens is 448 g/mol. The van der Waals surface area contributed by atoms with E-state index in [1.165, 1.54) is 13.0 Å². The Bertz CT molecular complexity index is 977. The predicted molar refractivity (Wildman–Crippen MR) is 112 cm³/mol. The molecule has 0 radical (unpaired) electrons. The summed E-state index contributed by atoms with van der Waals surface area (Å²) in [7, 11) is 0. The van der Waals surface area contributed by atoms with Crippen LogP contribution in [0, 0.1) is 40.4 Å². The van der Waals surface area contributed by atoms with E-state index in [9.17, 15) is 34.8 Å². The minimum atomic E-state index is -2.10. The Hall–Kier alpha value is -1.85. The number of fused-ring (bicyclic) bond motifs is 1. The molecule has 0 aromatic carbocycles. The number of aliphatic hydroxyl groups excluding tert-OH is 3. The van der Waals surface area contributed by atoms with Crippen molar-refractivity contribution in [2.45, 2.75) is 64.3 Å². The standard InChI is InChI=1S/C24H32O10/c1-9-5-13(26)18(28)22(4)12(9)6-14-23-8-32-24(31,21(22)23)17(27)11(3)15(23)16(20(30)33-14)34-19(29)10(2)7-25/h5,10-12,14-18,21,25,27-28,31H,6-8H2,1-4H3/t10-,11+,12-,14+,15+,16+,17+,18+,21+,22+,23-,24-/m0/s1. The minimum absolute atomic E-state index is 0.103. The van der Waals surface area contributed by atoms with E-state index in [0.717, 1.165) is 0 Å². The third-order valence-electron chi connectivity index (χ3n) is 9.55. The number of rotatable bonds is 3. The fourth-order valence-electron chi connectivity index (χ4n) is 8.05. The van der Waals surface area contributed by atoms with E-state index in [4.69, 9.17) is 14.2 Å². The summed E-state index contributed by atoms with van der Waals surface area (Å²) in [5, 5.41) is 43.6. The van der Waals surface area contributed by atoms with Gasteiger partial charge in [-0.3, -0.25) is 9.59 Å². The van der Waals surface area contributed by atoms with Crippen molar-refractivity contribution in [2.75, 3.05) is 13.2 Å². The highest BCUT2D eigenvalue weighted by Crippen LogP contribution is 2.73. The normalized spacial score (nSPS) is 52.2. The average molecular weight is 481 g/mol. The Kier molecular flexibility index (Phi) is 5.15. The van der Waals surface area contributed by atoms with Crippen molar-refractivity contribution in [2.24, 2.45) is 40.4 Å². The van der Waals surface area contributed by atoms with Gasteiger partial charge in [-0.05, 0) is 38.2 Å². The molecule has 2 aliphatic heterocycles. The maximum atomic E-state index is 13.2. The number of esters is 2. The summed E-state index contributed by atoms with van der Waals surface area (Å²) < 4.78 is 17.3. The summed E-state index contributed by atoms with van der Waals surface area (Å²) in [6, 6.07) is 0. The van der Waals surface area contributed by atoms with Crippen molar-refractivity contribution >= 4 is 17.7 Å². The zero-order valence-corrected chi connectivity index (χ0v) is 19.6. The fraction of sp³-hybridized carbons (Fsp3) is 0.792. The first-order chi connectivity index (χ1) is 15.8. The lowest BCUT2D eigenvalue weighted by Gasteiger charge is -2.68. The van der Waals surface area contributed by atoms with Crippen LogP contribution in [-0.2, 0) is 28.6 Å². The lowest BCUT2D eigenvalue weighted by Crippen LogP contribution is -2.78. The van der Waals surface area contributed by atoms with Gasteiger partial charge in [-0.15, -0.1) is 0 Å². The number of carbonyl (C=O) groups excluding carboxylic acids is 3. The Morgan fingerprint density at radius 2 is 2.00 bits per heavy atom. The van der Waals surface area contributed by atoms with Crippen LogP contribution in [0.2, 0.25) is 0 Å². The summed E-state index contributed by atoms with van der Waals surface area (Å²) in [5.41, 5.74) is -1.64. The van der Waals surface area contributed by atoms with E-state index >= 15 is 0 Å². The van der Waals surface area contributed by atoms with Gasteiger partial charge in [0, 0.05) is 22.7 Å². The van der Waals surface area contributed by atoms with Gasteiger partial charge in [0.1, 0.15) is 18.3 Å². The smallest absolute Gasteiger partial charge is 0.348 e. The van der Waals surface area contributed by atoms with E-state index in [1.807, 2.05) is 0 Å². The van der Waals surface area contributed by atoms with Gasteiger partial charge in [-0.25, -0.2) is 4.79 Å². The van der Waals surface area contributed by atoms with Crippen molar-refractivity contribution in [3.05, 3.63) is 11.6 Å². The highest BCUT2D eigenvalue weighted by atomic mass is 16.7. The highest BCUT2D eigenvalue weighted by molar-refractivity contribution is 5.96. The van der Waals surface area contributed by atoms with E-state index in [1.54, 1.807) is 20.8 Å². The van der Waals surface area contributed by atoms with Crippen LogP contribution < -0.4 is 0 Å². The molecule has 4 fully saturated rings. The van der Waals surface area contributed by atoms with Gasteiger partial charge < -0.3 is 34.6 Å². The molecule has 5 rings (SSSR count). The molecule has 0 amide bonds. The van der Waals surface area contributed by atoms with E-state index in [0.29, 0.717) is 5.57 Å². The molecule has 12 atom stereocenters. The Morgan fingerprint density at radius 3 is 2.65 bits per heavy atom. The second-order valence-corrected chi connectivity index (χ2v) is 11.1. The molecule has 0 aromatic heterocycles. The van der Waals surface area contributed by atoms with Crippen LogP contribution in [0.1, 0.15) is 34.1 Å². The summed E-state index contributed by atoms with van der Waals surface area (Å²) in [5.74, 6) is -7.96. The molecule has 10 heteroatoms. The summed E-state index contributed by atoms with van der Waals surface area (Å²) in [6.07, 6.45) is -3.42. The molecule has 2 heterocycles. The predicted octanol–water partition coefficient (Wildman–Crippen LogP) is -0.684. The van der Waals surface area contributed by atoms with E-state index in [2.05, 4.69) is 0 Å². The molecule has 0 aromatic rings. The molecule has 5 aliphatic rings. The van der Waals surface area contributed by atoms with Crippen molar-refractivity contribution < 1.29 is 49.0 Å². The maximum Gasteiger partial charge on any atom is 0.348 e. The van der Waals surface area contributed by atoms with Crippen molar-refractivity contribution in [3.63, 3.8) is 0 Å². The molecule has 3 aliphatic carbocycles. The Morgan fingerprint density at radius 1 is 1.32 bits per heavy atom. The van der Waals surface area contributed by atoms with Gasteiger partial charge in [0.15, 0.2) is 11.6 Å². The van der Waals surface area contributed by atoms with Crippen molar-refractivity contribution in [1.29, 1.82) is 0 Å². The van der Waals surface area contributed by atoms with Crippen LogP contribution in [0.15, 0.2) is 11.6 Å². The molecule has 2 saturated carbocycles. The number of carbonyl (C=O) groups is 3. The van der Waals surface area contributed by atoms with Gasteiger partial charge in [-0.2, -0.15) is 0 Å². The van der Waals surface area contributed by atoms with Crippen LogP contribution in [0.4, 0.5) is 0 Å². The van der Waals surface area contributed by atoms with Crippen LogP contribution in [0.5, 0.6) is 0 Å². The lowest BCUT2D eigenvalue weighted by molar-refractivity contribution is -0.340. The van der Waals surface area contributed by atoms with Crippen LogP contribution in [0.25, 0.3) is 0 Å². The van der Waals surface area contributed by atoms with Crippen LogP contribution in [-0.4, -0.2) is 81.6 Å². The van der Waals surface area contributed by atoms with Crippen LogP contribution >= 0.6 is 0 Å². The zero-order valence-electron chi connectivity index (χ0n) is 19.6. The molecule has 4 N–H and O–H groups in total. The van der Waals surface area contributed by atoms with E-state index in [-0.39, 0.29) is 13.0 Å². The summed E-state index contributed by atoms with van der Waals surface area (Å²) >= 11 is 0. The second kappa shape index (κ2) is 7.33. The average Bonchev–Trinajstić information content (AvgIpc) is 3.08. The molecule has 1 spiro atoms. The monoisotopic (exact) mass is 480 g/mol. The number of hydrogen-bond donors (Lipinski definition) is 4. The third kappa shape index (κ3) is 2.61. The van der Waals surface area contributed by atoms with Crippen molar-refractivity contribution in [3.8, 4) is 0 Å². The Labute approximate surface area is 196 Å². The molecule has 2 bridgehead atoms. The van der Waals surface area contributed by atoms with Gasteiger partial charge in [-0.1, -0.05) is 19.4 Å². The first-order valence-electron chi connectivity index (χ1n) is 11.8. The molecule has 10 nitrogen and oxygen atoms in total. The molecule has 34 heavy (non-hydrogen) atoms. The largest absolute Gasteiger partial charge is 0.459 e. The molecular formula is C24H32O10. The van der Waals surface area contributed by atoms with Crippen molar-refractivity contribution in [1.82, 2.24) is 0 Å². The van der Waals surface area contributed by atoms with Crippen LogP contribution in [0.3, 0.4) is 0 Å². The number of aliphatic hydroxyl groups is 4. The first-order valence-corrected chi connectivity index (χ1v) is 11.8. The molecule has 2 saturated heterocycles. The number of ether oxygens (including phenoxy) is 3. The topological polar surface area (TPSA) is 160 Å². The third-order valence-corrected chi connectivity index (χ3v) is 9.55. The highest BCUT2D eigenvalue weighted by Gasteiger charge is 2.83. The number of hydrogen-bond acceptors (Lipinski definition) is 10. The van der Waals surface area contributed by atoms with E-state index < -0.39 is 95.0 Å². The minimum Gasteiger partial charge on any atom is -0.459 e. The van der Waals surface area contributed by atoms with Gasteiger partial charge in [0.25, 0.3) is 0 Å². The number of allylic oxidation sites excluding steroid dienone is 1. The Balaban J connectivity index is 1.69. The van der Waals surface area contributed by atoms with Gasteiger partial charge in [0.05, 0.1) is 19.1 Å². The first kappa shape index (κ1) is 23.9. The second-order valence-electron chi connectivity index (χ2n) is 11.1. The summed E-state index contributed by atoms with van der Waals surface area (Å²) in [6.45, 7) is 6.02. The zero-order chi connectivity index (χ0) is 25.0. The quantitative estimate of drug-likeness (QED) is 0.381. The fourth-order valence-corrected chi connectivity index (χ4v) is 8.05. The molecule has 188 valence electrons. The van der Waals surface area contributed by atoms with Gasteiger partial charge in [0.2, 0.25) is 6.10 Å². The lowest BCUT2D eigenvalue weighted by atomic mass is 9.38. The maximum absolute atomic E-state index is 13.2. The SMILES string of the molecule is CC1=CC(=O)[C@@H](O)[C@]2(C)[C@H]3[C@@]4(O)OC[C@]35[C@H]([C@@H](C)[C@H]4O)[C@@H](OC(=O)[C@@H](C)CO)C(=O)O[C@@H]5C[C@@H]12. The number of ketones is 1.